The van der Waals surface area contributed by atoms with Crippen molar-refractivity contribution in [3.05, 3.63) is 26.9 Å². The average Bonchev–Trinajstić information content (AvgIpc) is 2.29. The highest BCUT2D eigenvalue weighted by Crippen LogP contribution is 2.25. The third-order valence-corrected chi connectivity index (χ3v) is 3.60. The fraction of sp³-hybridized carbons (Fsp3) is 0.667. The van der Waals surface area contributed by atoms with E-state index >= 15 is 0 Å². The fourth-order valence-electron chi connectivity index (χ4n) is 2.36. The monoisotopic (exact) mass is 237 g/mol. The molecule has 0 radical (unpaired) electrons. The Hall–Kier alpha value is -1.52. The number of hydrogen-bond acceptors (Lipinski definition) is 3. The maximum Gasteiger partial charge on any atom is 0.329 e. The van der Waals surface area contributed by atoms with Gasteiger partial charge in [-0.15, -0.1) is 0 Å². The molecular formula is C12H19N3O2. The van der Waals surface area contributed by atoms with Gasteiger partial charge in [0.05, 0.1) is 0 Å². The number of nitrogens with zero attached hydrogens (tertiary/aromatic N) is 1. The minimum atomic E-state index is -0.372. The Balaban J connectivity index is 2.18. The van der Waals surface area contributed by atoms with Crippen molar-refractivity contribution in [2.45, 2.75) is 38.6 Å². The SMILES string of the molecule is C[C@@H]1CCCC[C@H]1Nc1cc(=O)n(C)c(=O)[nH]1. The van der Waals surface area contributed by atoms with Crippen LogP contribution in [0.25, 0.3) is 0 Å². The standard InChI is InChI=1S/C12H19N3O2/c1-8-5-3-4-6-9(8)13-10-7-11(16)15(2)12(17)14-10/h7-9,13H,3-6H2,1-2H3,(H,14,17)/t8-,9-/m1/s1. The maximum absolute atomic E-state index is 11.5. The molecule has 2 rings (SSSR count). The van der Waals surface area contributed by atoms with Crippen LogP contribution in [0.3, 0.4) is 0 Å². The van der Waals surface area contributed by atoms with Gasteiger partial charge >= 0.3 is 5.69 Å². The molecule has 0 saturated heterocycles. The Morgan fingerprint density at radius 1 is 1.35 bits per heavy atom. The molecule has 5 nitrogen and oxygen atoms in total. The zero-order valence-electron chi connectivity index (χ0n) is 10.3. The smallest absolute Gasteiger partial charge is 0.329 e. The van der Waals surface area contributed by atoms with E-state index in [1.807, 2.05) is 0 Å². The first-order valence-corrected chi connectivity index (χ1v) is 6.15. The van der Waals surface area contributed by atoms with Crippen LogP contribution in [-0.2, 0) is 7.05 Å². The topological polar surface area (TPSA) is 66.9 Å². The Labute approximate surface area is 99.9 Å². The molecule has 0 bridgehead atoms. The molecule has 2 N–H and O–H groups in total. The second-order valence-corrected chi connectivity index (χ2v) is 4.90. The molecule has 1 aliphatic rings. The van der Waals surface area contributed by atoms with Gasteiger partial charge in [-0.05, 0) is 18.8 Å². The normalized spacial score (nSPS) is 24.6. The van der Waals surface area contributed by atoms with E-state index in [-0.39, 0.29) is 11.2 Å². The van der Waals surface area contributed by atoms with Crippen LogP contribution < -0.4 is 16.6 Å². The molecule has 2 atom stereocenters. The molecular weight excluding hydrogens is 218 g/mol. The summed E-state index contributed by atoms with van der Waals surface area (Å²) in [6, 6.07) is 1.80. The molecule has 1 fully saturated rings. The average molecular weight is 237 g/mol. The number of anilines is 1. The van der Waals surface area contributed by atoms with Crippen molar-refractivity contribution in [1.82, 2.24) is 9.55 Å². The third-order valence-electron chi connectivity index (χ3n) is 3.60. The summed E-state index contributed by atoms with van der Waals surface area (Å²) in [7, 11) is 1.47. The summed E-state index contributed by atoms with van der Waals surface area (Å²) in [6.07, 6.45) is 4.77. The lowest BCUT2D eigenvalue weighted by atomic mass is 9.86. The highest BCUT2D eigenvalue weighted by molar-refractivity contribution is 5.33. The third kappa shape index (κ3) is 2.60. The summed E-state index contributed by atoms with van der Waals surface area (Å²) in [6.45, 7) is 2.20. The van der Waals surface area contributed by atoms with Crippen LogP contribution in [0.4, 0.5) is 5.82 Å². The molecule has 0 amide bonds. The molecule has 1 saturated carbocycles. The summed E-state index contributed by atoms with van der Waals surface area (Å²) in [5.41, 5.74) is -0.650. The molecule has 1 aromatic heterocycles. The first kappa shape index (κ1) is 12.0. The van der Waals surface area contributed by atoms with E-state index in [2.05, 4.69) is 17.2 Å². The molecule has 94 valence electrons. The van der Waals surface area contributed by atoms with Gasteiger partial charge < -0.3 is 5.32 Å². The van der Waals surface area contributed by atoms with Gasteiger partial charge in [0, 0.05) is 19.2 Å². The van der Waals surface area contributed by atoms with E-state index < -0.39 is 0 Å². The number of H-pyrrole nitrogens is 1. The van der Waals surface area contributed by atoms with Crippen molar-refractivity contribution in [2.24, 2.45) is 13.0 Å². The van der Waals surface area contributed by atoms with Gasteiger partial charge in [-0.25, -0.2) is 4.79 Å². The van der Waals surface area contributed by atoms with Crippen LogP contribution >= 0.6 is 0 Å². The van der Waals surface area contributed by atoms with E-state index in [1.54, 1.807) is 0 Å². The molecule has 1 heterocycles. The van der Waals surface area contributed by atoms with Crippen molar-refractivity contribution in [1.29, 1.82) is 0 Å². The lowest BCUT2D eigenvalue weighted by Gasteiger charge is -2.30. The summed E-state index contributed by atoms with van der Waals surface area (Å²) in [5, 5.41) is 3.27. The molecule has 0 unspecified atom stereocenters. The van der Waals surface area contributed by atoms with Crippen molar-refractivity contribution in [3.8, 4) is 0 Å². The Kier molecular flexibility index (Phi) is 3.36. The van der Waals surface area contributed by atoms with Crippen LogP contribution in [0.5, 0.6) is 0 Å². The second kappa shape index (κ2) is 4.77. The first-order valence-electron chi connectivity index (χ1n) is 6.15. The van der Waals surface area contributed by atoms with Gasteiger partial charge in [-0.3, -0.25) is 14.3 Å². The minimum absolute atomic E-state index is 0.278. The van der Waals surface area contributed by atoms with Gasteiger partial charge in [0.2, 0.25) is 0 Å². The van der Waals surface area contributed by atoms with E-state index in [9.17, 15) is 9.59 Å². The van der Waals surface area contributed by atoms with Crippen molar-refractivity contribution in [3.63, 3.8) is 0 Å². The van der Waals surface area contributed by atoms with Gasteiger partial charge in [0.15, 0.2) is 0 Å². The summed E-state index contributed by atoms with van der Waals surface area (Å²) in [5.74, 6) is 1.12. The van der Waals surface area contributed by atoms with Crippen LogP contribution in [0.1, 0.15) is 32.6 Å². The molecule has 1 aliphatic carbocycles. The zero-order valence-corrected chi connectivity index (χ0v) is 10.3. The van der Waals surface area contributed by atoms with Crippen LogP contribution in [0.15, 0.2) is 15.7 Å². The van der Waals surface area contributed by atoms with E-state index in [4.69, 9.17) is 0 Å². The Morgan fingerprint density at radius 3 is 2.71 bits per heavy atom. The zero-order chi connectivity index (χ0) is 12.4. The van der Waals surface area contributed by atoms with Gasteiger partial charge in [0.25, 0.3) is 5.56 Å². The highest BCUT2D eigenvalue weighted by Gasteiger charge is 2.21. The van der Waals surface area contributed by atoms with Crippen LogP contribution in [0, 0.1) is 5.92 Å². The maximum atomic E-state index is 11.5. The summed E-state index contributed by atoms with van der Waals surface area (Å²) < 4.78 is 1.06. The molecule has 0 aromatic carbocycles. The second-order valence-electron chi connectivity index (χ2n) is 4.90. The molecule has 0 spiro atoms. The quantitative estimate of drug-likeness (QED) is 0.808. The Bertz CT molecular complexity index is 472. The largest absolute Gasteiger partial charge is 0.368 e. The predicted octanol–water partition coefficient (Wildman–Crippen LogP) is 1.06. The van der Waals surface area contributed by atoms with E-state index in [0.29, 0.717) is 17.8 Å². The van der Waals surface area contributed by atoms with Crippen molar-refractivity contribution >= 4 is 5.82 Å². The predicted molar refractivity (Wildman–Crippen MR) is 67.3 cm³/mol. The lowest BCUT2D eigenvalue weighted by Crippen LogP contribution is -2.36. The summed E-state index contributed by atoms with van der Waals surface area (Å²) in [4.78, 5) is 25.6. The summed E-state index contributed by atoms with van der Waals surface area (Å²) >= 11 is 0. The lowest BCUT2D eigenvalue weighted by molar-refractivity contribution is 0.349. The van der Waals surface area contributed by atoms with Gasteiger partial charge in [0.1, 0.15) is 5.82 Å². The number of rotatable bonds is 2. The van der Waals surface area contributed by atoms with E-state index in [0.717, 1.165) is 11.0 Å². The molecule has 17 heavy (non-hydrogen) atoms. The number of aromatic nitrogens is 2. The Morgan fingerprint density at radius 2 is 2.06 bits per heavy atom. The number of aromatic amines is 1. The molecule has 1 aromatic rings. The van der Waals surface area contributed by atoms with E-state index in [1.165, 1.54) is 32.4 Å². The van der Waals surface area contributed by atoms with Crippen molar-refractivity contribution < 1.29 is 0 Å². The molecule has 0 aliphatic heterocycles. The minimum Gasteiger partial charge on any atom is -0.368 e. The van der Waals surface area contributed by atoms with Crippen LogP contribution in [0.2, 0.25) is 0 Å². The van der Waals surface area contributed by atoms with Crippen molar-refractivity contribution in [2.75, 3.05) is 5.32 Å². The first-order chi connectivity index (χ1) is 8.08. The van der Waals surface area contributed by atoms with Gasteiger partial charge in [-0.1, -0.05) is 19.8 Å². The van der Waals surface area contributed by atoms with Crippen LogP contribution in [-0.4, -0.2) is 15.6 Å². The molecule has 5 heteroatoms. The highest BCUT2D eigenvalue weighted by atomic mass is 16.2. The number of nitrogens with one attached hydrogen (secondary N) is 2. The number of hydrogen-bond donors (Lipinski definition) is 2. The van der Waals surface area contributed by atoms with Gasteiger partial charge in [-0.2, -0.15) is 0 Å². The fourth-order valence-corrected chi connectivity index (χ4v) is 2.36.